The van der Waals surface area contributed by atoms with Crippen molar-refractivity contribution in [2.45, 2.75) is 0 Å². The van der Waals surface area contributed by atoms with Crippen molar-refractivity contribution >= 4 is 20.6 Å². The Labute approximate surface area is 128 Å². The molecule has 10 nitrogen and oxygen atoms in total. The van der Waals surface area contributed by atoms with E-state index in [0.29, 0.717) is 11.5 Å². The number of hydrogen-bond acceptors (Lipinski definition) is 8. The van der Waals surface area contributed by atoms with E-state index in [0.717, 1.165) is 0 Å². The molecular formula is C10H16N2O8S2. The second-order valence-corrected chi connectivity index (χ2v) is 6.24. The Balaban J connectivity index is 2.28. The predicted molar refractivity (Wildman–Crippen MR) is 75.6 cm³/mol. The number of rotatable bonds is 10. The fourth-order valence-corrected chi connectivity index (χ4v) is 1.85. The maximum atomic E-state index is 10.5. The van der Waals surface area contributed by atoms with Gasteiger partial charge >= 0.3 is 20.6 Å². The lowest BCUT2D eigenvalue weighted by Gasteiger charge is -2.08. The molecule has 0 aromatic heterocycles. The fraction of sp³-hybridized carbons (Fsp3) is 0.400. The summed E-state index contributed by atoms with van der Waals surface area (Å²) in [6.45, 7) is -0.415. The van der Waals surface area contributed by atoms with Crippen molar-refractivity contribution in [3.63, 3.8) is 0 Å². The predicted octanol–water partition coefficient (Wildman–Crippen LogP) is -1.12. The lowest BCUT2D eigenvalue weighted by molar-refractivity contribution is 0.217. The van der Waals surface area contributed by atoms with Gasteiger partial charge in [-0.3, -0.25) is 8.37 Å². The summed E-state index contributed by atoms with van der Waals surface area (Å²) in [5.41, 5.74) is 0. The normalized spacial score (nSPS) is 12.1. The Morgan fingerprint density at radius 1 is 0.682 bits per heavy atom. The van der Waals surface area contributed by atoms with Crippen molar-refractivity contribution < 1.29 is 34.7 Å². The van der Waals surface area contributed by atoms with Gasteiger partial charge in [-0.15, -0.1) is 0 Å². The van der Waals surface area contributed by atoms with Gasteiger partial charge in [0.25, 0.3) is 0 Å². The van der Waals surface area contributed by atoms with E-state index in [4.69, 9.17) is 9.47 Å². The summed E-state index contributed by atoms with van der Waals surface area (Å²) in [6.07, 6.45) is 0. The Hall–Kier alpha value is -1.44. The highest BCUT2D eigenvalue weighted by Crippen LogP contribution is 2.17. The fourth-order valence-electron chi connectivity index (χ4n) is 1.25. The SMILES string of the molecule is NS(=O)(=O)OCCOc1ccc(OCCOS(N)(=O)=O)cc1. The van der Waals surface area contributed by atoms with Gasteiger partial charge in [-0.1, -0.05) is 0 Å². The zero-order valence-corrected chi connectivity index (χ0v) is 13.0. The maximum Gasteiger partial charge on any atom is 0.333 e. The van der Waals surface area contributed by atoms with Crippen molar-refractivity contribution in [3.05, 3.63) is 24.3 Å². The summed E-state index contributed by atoms with van der Waals surface area (Å²) in [7, 11) is -7.94. The van der Waals surface area contributed by atoms with Crippen molar-refractivity contribution in [2.24, 2.45) is 10.3 Å². The molecule has 0 bridgehead atoms. The van der Waals surface area contributed by atoms with Crippen LogP contribution >= 0.6 is 0 Å². The van der Waals surface area contributed by atoms with Gasteiger partial charge in [0.2, 0.25) is 0 Å². The summed E-state index contributed by atoms with van der Waals surface area (Å²) >= 11 is 0. The van der Waals surface area contributed by atoms with E-state index in [1.54, 1.807) is 24.3 Å². The quantitative estimate of drug-likeness (QED) is 0.499. The number of hydrogen-bond donors (Lipinski definition) is 2. The molecule has 0 fully saturated rings. The Morgan fingerprint density at radius 3 is 1.27 bits per heavy atom. The van der Waals surface area contributed by atoms with E-state index < -0.39 is 20.6 Å². The highest BCUT2D eigenvalue weighted by Gasteiger charge is 2.03. The van der Waals surface area contributed by atoms with Crippen molar-refractivity contribution in [3.8, 4) is 11.5 Å². The molecular weight excluding hydrogens is 340 g/mol. The van der Waals surface area contributed by atoms with Gasteiger partial charge in [0.15, 0.2) is 0 Å². The van der Waals surface area contributed by atoms with Gasteiger partial charge in [0.05, 0.1) is 0 Å². The second-order valence-electron chi connectivity index (χ2n) is 3.80. The zero-order chi connectivity index (χ0) is 16.6. The Bertz CT molecular complexity index is 598. The maximum absolute atomic E-state index is 10.5. The van der Waals surface area contributed by atoms with E-state index in [1.807, 2.05) is 0 Å². The largest absolute Gasteiger partial charge is 0.491 e. The minimum atomic E-state index is -3.97. The lowest BCUT2D eigenvalue weighted by Crippen LogP contribution is -2.19. The molecule has 0 heterocycles. The molecule has 4 N–H and O–H groups in total. The van der Waals surface area contributed by atoms with Crippen LogP contribution < -0.4 is 19.8 Å². The summed E-state index contributed by atoms with van der Waals surface area (Å²) in [4.78, 5) is 0. The van der Waals surface area contributed by atoms with Gasteiger partial charge in [-0.2, -0.15) is 16.8 Å². The zero-order valence-electron chi connectivity index (χ0n) is 11.4. The molecule has 22 heavy (non-hydrogen) atoms. The molecule has 126 valence electrons. The average Bonchev–Trinajstić information content (AvgIpc) is 2.39. The van der Waals surface area contributed by atoms with Crippen LogP contribution in [0.4, 0.5) is 0 Å². The van der Waals surface area contributed by atoms with Crippen LogP contribution in [0.15, 0.2) is 24.3 Å². The van der Waals surface area contributed by atoms with Gasteiger partial charge in [0, 0.05) is 0 Å². The minimum absolute atomic E-state index is 0.00116. The first-order valence-corrected chi connectivity index (χ1v) is 8.80. The van der Waals surface area contributed by atoms with Crippen LogP contribution in [0.2, 0.25) is 0 Å². The van der Waals surface area contributed by atoms with Crippen LogP contribution in [0.25, 0.3) is 0 Å². The summed E-state index contributed by atoms with van der Waals surface area (Å²) in [5, 5.41) is 9.28. The number of ether oxygens (including phenoxy) is 2. The van der Waals surface area contributed by atoms with Crippen molar-refractivity contribution in [1.29, 1.82) is 0 Å². The van der Waals surface area contributed by atoms with Crippen LogP contribution in [0.1, 0.15) is 0 Å². The highest BCUT2D eigenvalue weighted by atomic mass is 32.2. The molecule has 1 rings (SSSR count). The summed E-state index contributed by atoms with van der Waals surface area (Å²) < 4.78 is 61.0. The van der Waals surface area contributed by atoms with E-state index >= 15 is 0 Å². The first-order chi connectivity index (χ1) is 10.2. The third kappa shape index (κ3) is 9.49. The lowest BCUT2D eigenvalue weighted by atomic mass is 10.3. The standard InChI is InChI=1S/C10H16N2O8S2/c11-21(13,14)19-7-5-17-9-1-2-10(4-3-9)18-6-8-20-22(12,15)16/h1-4H,5-8H2,(H2,11,13,14)(H2,12,15,16). The molecule has 0 aliphatic carbocycles. The second kappa shape index (κ2) is 8.26. The summed E-state index contributed by atoms with van der Waals surface area (Å²) in [5.74, 6) is 0.928. The topological polar surface area (TPSA) is 157 Å². The van der Waals surface area contributed by atoms with Gasteiger partial charge in [-0.05, 0) is 24.3 Å². The summed E-state index contributed by atoms with van der Waals surface area (Å²) in [6, 6.07) is 6.30. The first kappa shape index (κ1) is 18.6. The van der Waals surface area contributed by atoms with E-state index in [-0.39, 0.29) is 26.4 Å². The third-order valence-electron chi connectivity index (χ3n) is 2.02. The average molecular weight is 356 g/mol. The smallest absolute Gasteiger partial charge is 0.333 e. The van der Waals surface area contributed by atoms with Crippen molar-refractivity contribution in [2.75, 3.05) is 26.4 Å². The molecule has 0 saturated heterocycles. The monoisotopic (exact) mass is 356 g/mol. The Kier molecular flexibility index (Phi) is 6.99. The van der Waals surface area contributed by atoms with Gasteiger partial charge < -0.3 is 9.47 Å². The highest BCUT2D eigenvalue weighted by molar-refractivity contribution is 7.84. The van der Waals surface area contributed by atoms with Crippen molar-refractivity contribution in [1.82, 2.24) is 0 Å². The number of nitrogens with two attached hydrogens (primary N) is 2. The van der Waals surface area contributed by atoms with Gasteiger partial charge in [-0.25, -0.2) is 10.3 Å². The van der Waals surface area contributed by atoms with E-state index in [9.17, 15) is 16.8 Å². The Morgan fingerprint density at radius 2 is 1.00 bits per heavy atom. The van der Waals surface area contributed by atoms with E-state index in [2.05, 4.69) is 18.6 Å². The van der Waals surface area contributed by atoms with Crippen LogP contribution in [0.5, 0.6) is 11.5 Å². The van der Waals surface area contributed by atoms with Crippen LogP contribution in [-0.2, 0) is 29.0 Å². The van der Waals surface area contributed by atoms with Crippen LogP contribution in [0.3, 0.4) is 0 Å². The third-order valence-corrected chi connectivity index (χ3v) is 3.01. The molecule has 0 amide bonds. The molecule has 12 heteroatoms. The molecule has 0 radical (unpaired) electrons. The molecule has 0 atom stereocenters. The molecule has 0 aliphatic rings. The molecule has 0 spiro atoms. The van der Waals surface area contributed by atoms with Gasteiger partial charge in [0.1, 0.15) is 37.9 Å². The van der Waals surface area contributed by atoms with E-state index in [1.165, 1.54) is 0 Å². The molecule has 0 aliphatic heterocycles. The van der Waals surface area contributed by atoms with Crippen LogP contribution in [0, 0.1) is 0 Å². The molecule has 0 saturated carbocycles. The minimum Gasteiger partial charge on any atom is -0.491 e. The van der Waals surface area contributed by atoms with Crippen LogP contribution in [-0.4, -0.2) is 43.3 Å². The molecule has 1 aromatic rings. The molecule has 0 unspecified atom stereocenters. The molecule has 1 aromatic carbocycles. The first-order valence-electron chi connectivity index (χ1n) is 5.86. The number of benzene rings is 1.